The molecule has 0 aromatic carbocycles. The molecule has 2 aliphatic rings. The van der Waals surface area contributed by atoms with Gasteiger partial charge in [0.1, 0.15) is 6.10 Å². The molecule has 11 heavy (non-hydrogen) atoms. The molecular formula is C9H15NO. The molecule has 0 N–H and O–H groups in total. The third-order valence-electron chi connectivity index (χ3n) is 2.97. The van der Waals surface area contributed by atoms with Crippen LogP contribution in [0.5, 0.6) is 0 Å². The molecule has 1 heterocycles. The summed E-state index contributed by atoms with van der Waals surface area (Å²) in [4.78, 5) is 5.22. The van der Waals surface area contributed by atoms with Gasteiger partial charge in [-0.1, -0.05) is 18.5 Å². The second-order valence-corrected chi connectivity index (χ2v) is 3.65. The molecule has 0 saturated heterocycles. The van der Waals surface area contributed by atoms with Gasteiger partial charge in [-0.05, 0) is 25.2 Å². The lowest BCUT2D eigenvalue weighted by molar-refractivity contribution is 0.0268. The van der Waals surface area contributed by atoms with Crippen molar-refractivity contribution in [3.8, 4) is 0 Å². The first kappa shape index (κ1) is 7.14. The van der Waals surface area contributed by atoms with Crippen molar-refractivity contribution in [1.82, 2.24) is 0 Å². The molecule has 3 unspecified atom stereocenters. The SMILES string of the molecule is CCC1CCC2ON=CC2C1. The molecule has 1 aliphatic heterocycles. The Morgan fingerprint density at radius 2 is 2.45 bits per heavy atom. The van der Waals surface area contributed by atoms with E-state index in [-0.39, 0.29) is 0 Å². The highest BCUT2D eigenvalue weighted by Gasteiger charge is 2.33. The zero-order valence-corrected chi connectivity index (χ0v) is 6.99. The van der Waals surface area contributed by atoms with Gasteiger partial charge < -0.3 is 4.84 Å². The van der Waals surface area contributed by atoms with Gasteiger partial charge in [0.15, 0.2) is 0 Å². The molecule has 0 bridgehead atoms. The van der Waals surface area contributed by atoms with Crippen LogP contribution >= 0.6 is 0 Å². The van der Waals surface area contributed by atoms with Crippen molar-refractivity contribution in [2.75, 3.05) is 0 Å². The van der Waals surface area contributed by atoms with E-state index in [1.54, 1.807) is 0 Å². The number of nitrogens with zero attached hydrogens (tertiary/aromatic N) is 1. The van der Waals surface area contributed by atoms with Crippen LogP contribution in [0, 0.1) is 11.8 Å². The summed E-state index contributed by atoms with van der Waals surface area (Å²) in [6.45, 7) is 2.28. The average Bonchev–Trinajstić information content (AvgIpc) is 2.50. The predicted molar refractivity (Wildman–Crippen MR) is 44.5 cm³/mol. The van der Waals surface area contributed by atoms with E-state index >= 15 is 0 Å². The number of fused-ring (bicyclic) bond motifs is 1. The molecule has 3 atom stereocenters. The monoisotopic (exact) mass is 153 g/mol. The highest BCUT2D eigenvalue weighted by Crippen LogP contribution is 2.34. The van der Waals surface area contributed by atoms with Crippen LogP contribution in [-0.2, 0) is 4.84 Å². The fourth-order valence-corrected chi connectivity index (χ4v) is 2.12. The molecule has 2 nitrogen and oxygen atoms in total. The van der Waals surface area contributed by atoms with Gasteiger partial charge in [0, 0.05) is 5.92 Å². The van der Waals surface area contributed by atoms with E-state index < -0.39 is 0 Å². The lowest BCUT2D eigenvalue weighted by Gasteiger charge is -2.27. The molecular weight excluding hydrogens is 138 g/mol. The van der Waals surface area contributed by atoms with Gasteiger partial charge in [-0.25, -0.2) is 0 Å². The van der Waals surface area contributed by atoms with E-state index in [1.807, 2.05) is 6.21 Å². The summed E-state index contributed by atoms with van der Waals surface area (Å²) in [6, 6.07) is 0. The summed E-state index contributed by atoms with van der Waals surface area (Å²) in [7, 11) is 0. The highest BCUT2D eigenvalue weighted by molar-refractivity contribution is 5.62. The number of hydrogen-bond donors (Lipinski definition) is 0. The largest absolute Gasteiger partial charge is 0.392 e. The molecule has 2 heteroatoms. The van der Waals surface area contributed by atoms with Crippen LogP contribution in [0.2, 0.25) is 0 Å². The first-order valence-corrected chi connectivity index (χ1v) is 4.59. The third-order valence-corrected chi connectivity index (χ3v) is 2.97. The standard InChI is InChI=1S/C9H15NO/c1-2-7-3-4-9-8(5-7)6-10-11-9/h6-9H,2-5H2,1H3. The van der Waals surface area contributed by atoms with Crippen LogP contribution in [0.1, 0.15) is 32.6 Å². The second-order valence-electron chi connectivity index (χ2n) is 3.65. The highest BCUT2D eigenvalue weighted by atomic mass is 16.6. The zero-order valence-electron chi connectivity index (χ0n) is 6.99. The van der Waals surface area contributed by atoms with Gasteiger partial charge in [-0.3, -0.25) is 0 Å². The summed E-state index contributed by atoms with van der Waals surface area (Å²) >= 11 is 0. The normalized spacial score (nSPS) is 41.7. The summed E-state index contributed by atoms with van der Waals surface area (Å²) in [5, 5.41) is 3.87. The molecule has 0 aromatic rings. The van der Waals surface area contributed by atoms with Crippen LogP contribution in [-0.4, -0.2) is 12.3 Å². The molecule has 0 radical (unpaired) electrons. The van der Waals surface area contributed by atoms with E-state index in [2.05, 4.69) is 12.1 Å². The van der Waals surface area contributed by atoms with Crippen molar-refractivity contribution in [1.29, 1.82) is 0 Å². The number of hydrogen-bond acceptors (Lipinski definition) is 2. The Morgan fingerprint density at radius 3 is 3.27 bits per heavy atom. The molecule has 0 spiro atoms. The first-order valence-electron chi connectivity index (χ1n) is 4.59. The number of oxime groups is 1. The van der Waals surface area contributed by atoms with Crippen LogP contribution in [0.3, 0.4) is 0 Å². The summed E-state index contributed by atoms with van der Waals surface area (Å²) in [6.07, 6.45) is 7.58. The van der Waals surface area contributed by atoms with E-state index in [1.165, 1.54) is 25.7 Å². The van der Waals surface area contributed by atoms with Crippen molar-refractivity contribution in [3.63, 3.8) is 0 Å². The van der Waals surface area contributed by atoms with Crippen LogP contribution in [0.15, 0.2) is 5.16 Å². The maximum Gasteiger partial charge on any atom is 0.135 e. The minimum atomic E-state index is 0.429. The van der Waals surface area contributed by atoms with Crippen LogP contribution in [0.25, 0.3) is 0 Å². The van der Waals surface area contributed by atoms with Crippen molar-refractivity contribution in [3.05, 3.63) is 0 Å². The molecule has 0 aromatic heterocycles. The Morgan fingerprint density at radius 1 is 1.55 bits per heavy atom. The summed E-state index contributed by atoms with van der Waals surface area (Å²) in [5.41, 5.74) is 0. The van der Waals surface area contributed by atoms with Crippen molar-refractivity contribution in [2.45, 2.75) is 38.7 Å². The molecule has 1 aliphatic carbocycles. The van der Waals surface area contributed by atoms with Crippen LogP contribution < -0.4 is 0 Å². The zero-order chi connectivity index (χ0) is 7.68. The maximum absolute atomic E-state index is 5.22. The fourth-order valence-electron chi connectivity index (χ4n) is 2.12. The molecule has 1 saturated carbocycles. The van der Waals surface area contributed by atoms with Gasteiger partial charge in [-0.2, -0.15) is 0 Å². The Balaban J connectivity index is 1.95. The molecule has 0 amide bonds. The Kier molecular flexibility index (Phi) is 1.84. The van der Waals surface area contributed by atoms with Crippen molar-refractivity contribution >= 4 is 6.21 Å². The Bertz CT molecular complexity index is 167. The van der Waals surface area contributed by atoms with E-state index in [0.717, 1.165) is 5.92 Å². The molecule has 1 fully saturated rings. The van der Waals surface area contributed by atoms with E-state index in [9.17, 15) is 0 Å². The third kappa shape index (κ3) is 1.26. The van der Waals surface area contributed by atoms with Crippen LogP contribution in [0.4, 0.5) is 0 Å². The smallest absolute Gasteiger partial charge is 0.135 e. The Labute approximate surface area is 67.6 Å². The second kappa shape index (κ2) is 2.84. The molecule has 2 rings (SSSR count). The summed E-state index contributed by atoms with van der Waals surface area (Å²) in [5.74, 6) is 1.55. The van der Waals surface area contributed by atoms with Crippen molar-refractivity contribution in [2.24, 2.45) is 17.0 Å². The predicted octanol–water partition coefficient (Wildman–Crippen LogP) is 2.20. The van der Waals surface area contributed by atoms with Gasteiger partial charge >= 0.3 is 0 Å². The lowest BCUT2D eigenvalue weighted by Crippen LogP contribution is -2.27. The van der Waals surface area contributed by atoms with Gasteiger partial charge in [0.2, 0.25) is 0 Å². The van der Waals surface area contributed by atoms with Gasteiger partial charge in [-0.15, -0.1) is 0 Å². The first-order chi connectivity index (χ1) is 5.40. The topological polar surface area (TPSA) is 21.6 Å². The quantitative estimate of drug-likeness (QED) is 0.566. The Hall–Kier alpha value is -0.530. The van der Waals surface area contributed by atoms with Gasteiger partial charge in [0.25, 0.3) is 0 Å². The summed E-state index contributed by atoms with van der Waals surface area (Å²) < 4.78 is 0. The fraction of sp³-hybridized carbons (Fsp3) is 0.889. The van der Waals surface area contributed by atoms with Crippen molar-refractivity contribution < 1.29 is 4.84 Å². The minimum Gasteiger partial charge on any atom is -0.392 e. The average molecular weight is 153 g/mol. The van der Waals surface area contributed by atoms with E-state index in [4.69, 9.17) is 4.84 Å². The number of rotatable bonds is 1. The van der Waals surface area contributed by atoms with Gasteiger partial charge in [0.05, 0.1) is 6.21 Å². The lowest BCUT2D eigenvalue weighted by atomic mass is 9.79. The minimum absolute atomic E-state index is 0.429. The van der Waals surface area contributed by atoms with E-state index in [0.29, 0.717) is 12.0 Å². The molecule has 62 valence electrons. The maximum atomic E-state index is 5.22.